The second kappa shape index (κ2) is 12.2. The third kappa shape index (κ3) is 6.96. The predicted octanol–water partition coefficient (Wildman–Crippen LogP) is 4.60. The summed E-state index contributed by atoms with van der Waals surface area (Å²) in [6.45, 7) is 1.02. The molecule has 1 unspecified atom stereocenters. The topological polar surface area (TPSA) is 117 Å². The Hall–Kier alpha value is -3.65. The number of nitrogens with two attached hydrogens (primary N) is 1. The minimum absolute atomic E-state index is 0.0348. The van der Waals surface area contributed by atoms with Gasteiger partial charge in [0.2, 0.25) is 11.7 Å². The largest absolute Gasteiger partial charge is 0.451 e. The van der Waals surface area contributed by atoms with Crippen LogP contribution in [0.3, 0.4) is 0 Å². The van der Waals surface area contributed by atoms with Crippen molar-refractivity contribution in [2.24, 2.45) is 11.7 Å². The summed E-state index contributed by atoms with van der Waals surface area (Å²) in [5.74, 6) is -4.55. The lowest BCUT2D eigenvalue weighted by Crippen LogP contribution is -2.45. The Bertz CT molecular complexity index is 1490. The van der Waals surface area contributed by atoms with Gasteiger partial charge >= 0.3 is 6.18 Å². The number of benzene rings is 1. The van der Waals surface area contributed by atoms with Crippen LogP contribution < -0.4 is 16.0 Å². The number of nitrogens with one attached hydrogen (secondary N) is 1. The number of hydrogen-bond acceptors (Lipinski definition) is 7. The molecule has 0 aliphatic carbocycles. The van der Waals surface area contributed by atoms with E-state index in [1.54, 1.807) is 29.2 Å². The summed E-state index contributed by atoms with van der Waals surface area (Å²) in [6.07, 6.45) is -2.37. The molecule has 0 bridgehead atoms. The van der Waals surface area contributed by atoms with Crippen LogP contribution in [-0.4, -0.2) is 70.3 Å². The van der Waals surface area contributed by atoms with Gasteiger partial charge in [0.25, 0.3) is 11.8 Å². The van der Waals surface area contributed by atoms with Gasteiger partial charge in [-0.1, -0.05) is 11.6 Å². The SMILES string of the molecule is NC(=O)C1CCN(c2ccc3c(C(=O)NCC(c4cnc(C(F)(F)F)nc4)N4CCC(F)(F)CC4)c(Cl)ccc3n2)CC1. The number of halogens is 6. The Morgan fingerprint density at radius 3 is 2.30 bits per heavy atom. The summed E-state index contributed by atoms with van der Waals surface area (Å²) in [4.78, 5) is 40.2. The van der Waals surface area contributed by atoms with E-state index < -0.39 is 42.7 Å². The van der Waals surface area contributed by atoms with Crippen LogP contribution in [0.1, 0.15) is 53.5 Å². The number of amides is 2. The quantitative estimate of drug-likeness (QED) is 0.369. The summed E-state index contributed by atoms with van der Waals surface area (Å²) in [7, 11) is 0. The highest BCUT2D eigenvalue weighted by Crippen LogP contribution is 2.34. The monoisotopic (exact) mass is 625 g/mol. The number of likely N-dealkylation sites (tertiary alicyclic amines) is 1. The molecule has 230 valence electrons. The van der Waals surface area contributed by atoms with E-state index in [1.807, 2.05) is 4.90 Å². The number of primary amides is 1. The molecule has 0 saturated carbocycles. The third-order valence-corrected chi connectivity index (χ3v) is 8.31. The van der Waals surface area contributed by atoms with E-state index in [-0.39, 0.29) is 47.6 Å². The standard InChI is InChI=1S/C28H29ClF5N7O2/c29-19-2-3-20-18(1-4-22(39-20)41-9-5-16(6-10-41)24(35)42)23(19)25(43)36-15-21(40-11-7-27(30,31)8-12-40)17-13-37-26(38-14-17)28(32,33)34/h1-4,13-14,16,21H,5-12,15H2,(H2,35,42)(H,36,43). The first-order valence-electron chi connectivity index (χ1n) is 13.7. The molecular weight excluding hydrogens is 597 g/mol. The molecule has 15 heteroatoms. The predicted molar refractivity (Wildman–Crippen MR) is 149 cm³/mol. The van der Waals surface area contributed by atoms with Crippen molar-refractivity contribution < 1.29 is 31.5 Å². The van der Waals surface area contributed by atoms with Crippen molar-refractivity contribution in [3.8, 4) is 0 Å². The van der Waals surface area contributed by atoms with Crippen molar-refractivity contribution in [2.75, 3.05) is 37.6 Å². The molecule has 2 amide bonds. The fourth-order valence-electron chi connectivity index (χ4n) is 5.52. The van der Waals surface area contributed by atoms with Gasteiger partial charge < -0.3 is 16.0 Å². The van der Waals surface area contributed by atoms with Crippen LogP contribution in [0.2, 0.25) is 5.02 Å². The number of fused-ring (bicyclic) bond motifs is 1. The van der Waals surface area contributed by atoms with Crippen LogP contribution in [-0.2, 0) is 11.0 Å². The number of pyridine rings is 1. The van der Waals surface area contributed by atoms with Crippen LogP contribution in [0.15, 0.2) is 36.7 Å². The van der Waals surface area contributed by atoms with E-state index in [0.717, 1.165) is 12.4 Å². The molecule has 4 heterocycles. The van der Waals surface area contributed by atoms with Crippen molar-refractivity contribution in [3.05, 3.63) is 58.6 Å². The van der Waals surface area contributed by atoms with Gasteiger partial charge in [-0.05, 0) is 37.1 Å². The summed E-state index contributed by atoms with van der Waals surface area (Å²) in [5.41, 5.74) is 6.34. The molecule has 43 heavy (non-hydrogen) atoms. The van der Waals surface area contributed by atoms with Crippen LogP contribution in [0.25, 0.3) is 10.9 Å². The summed E-state index contributed by atoms with van der Waals surface area (Å²) >= 11 is 6.44. The summed E-state index contributed by atoms with van der Waals surface area (Å²) in [5, 5.41) is 3.41. The molecule has 5 rings (SSSR count). The Balaban J connectivity index is 1.36. The highest BCUT2D eigenvalue weighted by atomic mass is 35.5. The first-order valence-corrected chi connectivity index (χ1v) is 14.1. The smallest absolute Gasteiger partial charge is 0.369 e. The molecule has 2 aliphatic heterocycles. The van der Waals surface area contributed by atoms with Crippen molar-refractivity contribution >= 4 is 40.1 Å². The van der Waals surface area contributed by atoms with E-state index in [0.29, 0.717) is 42.7 Å². The zero-order chi connectivity index (χ0) is 30.9. The second-order valence-corrected chi connectivity index (χ2v) is 11.2. The van der Waals surface area contributed by atoms with Gasteiger partial charge in [-0.15, -0.1) is 0 Å². The molecule has 0 spiro atoms. The summed E-state index contributed by atoms with van der Waals surface area (Å²) < 4.78 is 66.8. The zero-order valence-electron chi connectivity index (χ0n) is 22.9. The normalized spacial score (nSPS) is 18.9. The van der Waals surface area contributed by atoms with Crippen molar-refractivity contribution in [2.45, 2.75) is 43.8 Å². The van der Waals surface area contributed by atoms with Gasteiger partial charge in [0.15, 0.2) is 0 Å². The maximum atomic E-state index is 13.9. The van der Waals surface area contributed by atoms with Gasteiger partial charge in [-0.3, -0.25) is 14.5 Å². The van der Waals surface area contributed by atoms with Gasteiger partial charge in [0, 0.05) is 74.8 Å². The Kier molecular flexibility index (Phi) is 8.70. The van der Waals surface area contributed by atoms with Crippen LogP contribution in [0.5, 0.6) is 0 Å². The fourth-order valence-corrected chi connectivity index (χ4v) is 5.77. The Labute approximate surface area is 248 Å². The maximum Gasteiger partial charge on any atom is 0.451 e. The number of piperidine rings is 2. The van der Waals surface area contributed by atoms with E-state index in [1.165, 1.54) is 0 Å². The Morgan fingerprint density at radius 2 is 1.70 bits per heavy atom. The molecule has 2 aliphatic rings. The lowest BCUT2D eigenvalue weighted by atomic mass is 9.96. The minimum atomic E-state index is -4.74. The average molecular weight is 626 g/mol. The molecule has 9 nitrogen and oxygen atoms in total. The number of rotatable bonds is 7. The first kappa shape index (κ1) is 30.8. The number of aromatic nitrogens is 3. The number of nitrogens with zero attached hydrogens (tertiary/aromatic N) is 5. The lowest BCUT2D eigenvalue weighted by Gasteiger charge is -2.37. The van der Waals surface area contributed by atoms with E-state index in [4.69, 9.17) is 22.3 Å². The van der Waals surface area contributed by atoms with Crippen molar-refractivity contribution in [1.82, 2.24) is 25.2 Å². The van der Waals surface area contributed by atoms with Crippen LogP contribution >= 0.6 is 11.6 Å². The third-order valence-electron chi connectivity index (χ3n) is 7.99. The molecule has 3 aromatic rings. The van der Waals surface area contributed by atoms with Gasteiger partial charge in [-0.2, -0.15) is 13.2 Å². The zero-order valence-corrected chi connectivity index (χ0v) is 23.6. The average Bonchev–Trinajstić information content (AvgIpc) is 2.97. The summed E-state index contributed by atoms with van der Waals surface area (Å²) in [6, 6.07) is 5.96. The van der Waals surface area contributed by atoms with Crippen molar-refractivity contribution in [3.63, 3.8) is 0 Å². The van der Waals surface area contributed by atoms with Gasteiger partial charge in [0.05, 0.1) is 22.1 Å². The fraction of sp³-hybridized carbons (Fsp3) is 0.464. The van der Waals surface area contributed by atoms with E-state index in [2.05, 4.69) is 15.3 Å². The maximum absolute atomic E-state index is 13.9. The minimum Gasteiger partial charge on any atom is -0.369 e. The van der Waals surface area contributed by atoms with E-state index in [9.17, 15) is 31.5 Å². The van der Waals surface area contributed by atoms with Crippen LogP contribution in [0, 0.1) is 5.92 Å². The molecule has 1 atom stereocenters. The number of hydrogen-bond donors (Lipinski definition) is 2. The van der Waals surface area contributed by atoms with Crippen molar-refractivity contribution in [1.29, 1.82) is 0 Å². The molecule has 2 saturated heterocycles. The number of carbonyl (C=O) groups is 2. The molecule has 2 aromatic heterocycles. The number of anilines is 1. The molecule has 3 N–H and O–H groups in total. The molecular formula is C28H29ClF5N7O2. The van der Waals surface area contributed by atoms with Gasteiger partial charge in [0.1, 0.15) is 5.82 Å². The second-order valence-electron chi connectivity index (χ2n) is 10.8. The highest BCUT2D eigenvalue weighted by molar-refractivity contribution is 6.35. The lowest BCUT2D eigenvalue weighted by molar-refractivity contribution is -0.145. The van der Waals surface area contributed by atoms with Crippen LogP contribution in [0.4, 0.5) is 27.8 Å². The molecule has 1 aromatic carbocycles. The molecule has 0 radical (unpaired) electrons. The first-order chi connectivity index (χ1) is 20.3. The molecule has 2 fully saturated rings. The van der Waals surface area contributed by atoms with E-state index >= 15 is 0 Å². The highest BCUT2D eigenvalue weighted by Gasteiger charge is 2.38. The number of alkyl halides is 5. The Morgan fingerprint density at radius 1 is 1.05 bits per heavy atom. The van der Waals surface area contributed by atoms with Gasteiger partial charge in [-0.25, -0.2) is 23.7 Å². The number of carbonyl (C=O) groups excluding carboxylic acids is 2.